The van der Waals surface area contributed by atoms with Gasteiger partial charge in [0.1, 0.15) is 5.76 Å². The summed E-state index contributed by atoms with van der Waals surface area (Å²) in [4.78, 5) is 24.3. The lowest BCUT2D eigenvalue weighted by Crippen LogP contribution is -2.37. The molecule has 166 valence electrons. The van der Waals surface area contributed by atoms with Gasteiger partial charge < -0.3 is 4.74 Å². The van der Waals surface area contributed by atoms with Crippen molar-refractivity contribution in [3.63, 3.8) is 0 Å². The van der Waals surface area contributed by atoms with E-state index in [9.17, 15) is 18.0 Å². The van der Waals surface area contributed by atoms with Crippen molar-refractivity contribution in [3.05, 3.63) is 94.2 Å². The number of halogens is 1. The first-order valence-electron chi connectivity index (χ1n) is 9.79. The van der Waals surface area contributed by atoms with Crippen LogP contribution < -0.4 is 0 Å². The number of hydrogen-bond donors (Lipinski definition) is 0. The molecule has 8 heteroatoms. The fourth-order valence-corrected chi connectivity index (χ4v) is 4.91. The van der Waals surface area contributed by atoms with E-state index in [0.29, 0.717) is 11.1 Å². The van der Waals surface area contributed by atoms with Crippen molar-refractivity contribution < 1.29 is 22.7 Å². The first kappa shape index (κ1) is 23.8. The molecule has 0 saturated heterocycles. The van der Waals surface area contributed by atoms with Gasteiger partial charge in [0.2, 0.25) is 10.0 Å². The van der Waals surface area contributed by atoms with E-state index in [1.807, 2.05) is 13.0 Å². The number of ether oxygens (including phenoxy) is 1. The Labute approximate surface area is 196 Å². The van der Waals surface area contributed by atoms with Crippen LogP contribution in [0, 0.1) is 6.92 Å². The number of carbonyl (C=O) groups is 2. The second-order valence-corrected chi connectivity index (χ2v) is 10.1. The lowest BCUT2D eigenvalue weighted by atomic mass is 10.0. The van der Waals surface area contributed by atoms with Crippen LogP contribution in [0.3, 0.4) is 0 Å². The van der Waals surface area contributed by atoms with Crippen molar-refractivity contribution in [2.75, 3.05) is 13.1 Å². The second-order valence-electron chi connectivity index (χ2n) is 7.22. The van der Waals surface area contributed by atoms with E-state index in [4.69, 9.17) is 4.74 Å². The van der Waals surface area contributed by atoms with Crippen LogP contribution in [-0.2, 0) is 24.3 Å². The zero-order valence-corrected chi connectivity index (χ0v) is 20.0. The highest BCUT2D eigenvalue weighted by Crippen LogP contribution is 2.28. The van der Waals surface area contributed by atoms with Crippen molar-refractivity contribution in [2.24, 2.45) is 0 Å². The Kier molecular flexibility index (Phi) is 7.60. The molecule has 2 aromatic carbocycles. The molecule has 0 radical (unpaired) electrons. The first-order chi connectivity index (χ1) is 15.2. The molecule has 0 amide bonds. The smallest absolute Gasteiger partial charge is 0.308 e. The highest BCUT2D eigenvalue weighted by atomic mass is 79.9. The number of nitrogens with zero attached hydrogens (tertiary/aromatic N) is 1. The van der Waals surface area contributed by atoms with Gasteiger partial charge in [0.15, 0.2) is 5.78 Å². The lowest BCUT2D eigenvalue weighted by molar-refractivity contribution is -0.136. The third-order valence-corrected chi connectivity index (χ3v) is 6.99. The number of aryl methyl sites for hydroxylation is 1. The summed E-state index contributed by atoms with van der Waals surface area (Å²) in [6, 6.07) is 13.6. The maximum atomic E-state index is 13.5. The average Bonchev–Trinajstić information content (AvgIpc) is 2.73. The Bertz CT molecular complexity index is 1230. The van der Waals surface area contributed by atoms with Crippen molar-refractivity contribution in [1.82, 2.24) is 4.31 Å². The van der Waals surface area contributed by atoms with Crippen LogP contribution in [0.1, 0.15) is 18.1 Å². The molecular weight excluding hydrogens is 494 g/mol. The Balaban J connectivity index is 2.19. The molecule has 1 aliphatic heterocycles. The minimum atomic E-state index is -4.01. The minimum absolute atomic E-state index is 0.0788. The van der Waals surface area contributed by atoms with Gasteiger partial charge in [0, 0.05) is 23.5 Å². The first-order valence-corrected chi connectivity index (χ1v) is 12.0. The van der Waals surface area contributed by atoms with Crippen molar-refractivity contribution in [1.29, 1.82) is 0 Å². The molecule has 0 aromatic heterocycles. The van der Waals surface area contributed by atoms with Crippen LogP contribution in [0.25, 0.3) is 5.57 Å². The van der Waals surface area contributed by atoms with Gasteiger partial charge in [-0.25, -0.2) is 8.42 Å². The Hall–Kier alpha value is -2.81. The summed E-state index contributed by atoms with van der Waals surface area (Å²) in [5.41, 5.74) is 2.03. The van der Waals surface area contributed by atoms with Crippen molar-refractivity contribution in [2.45, 2.75) is 18.7 Å². The quantitative estimate of drug-likeness (QED) is 0.563. The van der Waals surface area contributed by atoms with Gasteiger partial charge >= 0.3 is 5.97 Å². The summed E-state index contributed by atoms with van der Waals surface area (Å²) >= 11 is 3.42. The van der Waals surface area contributed by atoms with Crippen LogP contribution in [-0.4, -0.2) is 37.6 Å². The molecule has 0 aliphatic carbocycles. The third-order valence-electron chi connectivity index (χ3n) is 4.69. The fraction of sp³-hybridized carbons (Fsp3) is 0.167. The molecule has 0 N–H and O–H groups in total. The SMILES string of the molecule is CC(=O)OC1=C(/c2cccc(Br)c2)CN(S(=O)(=O)c2ccc(C)cc2)CC(=O)\C=C/C=C/1. The van der Waals surface area contributed by atoms with Crippen LogP contribution >= 0.6 is 15.9 Å². The predicted octanol–water partition coefficient (Wildman–Crippen LogP) is 4.42. The number of esters is 1. The molecule has 1 aliphatic rings. The normalized spacial score (nSPS) is 19.9. The highest BCUT2D eigenvalue weighted by Gasteiger charge is 2.29. The zero-order chi connectivity index (χ0) is 23.3. The molecule has 0 atom stereocenters. The van der Waals surface area contributed by atoms with E-state index in [0.717, 1.165) is 14.3 Å². The molecular formula is C24H22BrNO5S. The van der Waals surface area contributed by atoms with E-state index < -0.39 is 16.0 Å². The van der Waals surface area contributed by atoms with Gasteiger partial charge in [0.05, 0.1) is 11.4 Å². The van der Waals surface area contributed by atoms with E-state index in [2.05, 4.69) is 15.9 Å². The summed E-state index contributed by atoms with van der Waals surface area (Å²) in [6.45, 7) is 2.61. The lowest BCUT2D eigenvalue weighted by Gasteiger charge is -2.24. The zero-order valence-electron chi connectivity index (χ0n) is 17.6. The Morgan fingerprint density at radius 3 is 2.38 bits per heavy atom. The average molecular weight is 516 g/mol. The molecule has 1 heterocycles. The Morgan fingerprint density at radius 1 is 1.03 bits per heavy atom. The van der Waals surface area contributed by atoms with Crippen molar-refractivity contribution >= 4 is 43.3 Å². The number of allylic oxidation sites excluding steroid dienone is 3. The fourth-order valence-electron chi connectivity index (χ4n) is 3.13. The van der Waals surface area contributed by atoms with E-state index >= 15 is 0 Å². The molecule has 32 heavy (non-hydrogen) atoms. The summed E-state index contributed by atoms with van der Waals surface area (Å²) < 4.78 is 34.3. The number of sulfonamides is 1. The molecule has 0 fully saturated rings. The maximum Gasteiger partial charge on any atom is 0.308 e. The summed E-state index contributed by atoms with van der Waals surface area (Å²) in [7, 11) is -4.01. The van der Waals surface area contributed by atoms with E-state index in [1.165, 1.54) is 31.2 Å². The van der Waals surface area contributed by atoms with Crippen LogP contribution in [0.5, 0.6) is 0 Å². The molecule has 3 rings (SSSR count). The molecule has 0 unspecified atom stereocenters. The van der Waals surface area contributed by atoms with Gasteiger partial charge in [0.25, 0.3) is 0 Å². The number of benzene rings is 2. The van der Waals surface area contributed by atoms with E-state index in [-0.39, 0.29) is 29.5 Å². The number of rotatable bonds is 4. The van der Waals surface area contributed by atoms with Crippen LogP contribution in [0.15, 0.2) is 88.0 Å². The predicted molar refractivity (Wildman–Crippen MR) is 126 cm³/mol. The molecule has 0 spiro atoms. The largest absolute Gasteiger partial charge is 0.426 e. The molecule has 6 nitrogen and oxygen atoms in total. The van der Waals surface area contributed by atoms with Gasteiger partial charge in [-0.3, -0.25) is 9.59 Å². The Morgan fingerprint density at radius 2 is 1.72 bits per heavy atom. The number of hydrogen-bond acceptors (Lipinski definition) is 5. The number of carbonyl (C=O) groups excluding carboxylic acids is 2. The van der Waals surface area contributed by atoms with Gasteiger partial charge in [-0.1, -0.05) is 57.9 Å². The summed E-state index contributed by atoms with van der Waals surface area (Å²) in [5, 5.41) is 0. The van der Waals surface area contributed by atoms with Gasteiger partial charge in [-0.05, 0) is 48.9 Å². The van der Waals surface area contributed by atoms with Gasteiger partial charge in [-0.15, -0.1) is 0 Å². The topological polar surface area (TPSA) is 80.8 Å². The molecule has 2 aromatic rings. The van der Waals surface area contributed by atoms with E-state index in [1.54, 1.807) is 42.5 Å². The van der Waals surface area contributed by atoms with Crippen LogP contribution in [0.2, 0.25) is 0 Å². The highest BCUT2D eigenvalue weighted by molar-refractivity contribution is 9.10. The third kappa shape index (κ3) is 5.91. The minimum Gasteiger partial charge on any atom is -0.426 e. The monoisotopic (exact) mass is 515 g/mol. The number of ketones is 1. The standard InChI is InChI=1S/C24H22BrNO5S/c1-17-10-12-22(13-11-17)32(29,30)26-15-21(28)8-3-4-9-24(31-18(2)27)23(16-26)19-6-5-7-20(25)14-19/h3-14H,15-16H2,1-2H3/b8-3-,9-4+,24-23-. The van der Waals surface area contributed by atoms with Crippen molar-refractivity contribution in [3.8, 4) is 0 Å². The van der Waals surface area contributed by atoms with Crippen LogP contribution in [0.4, 0.5) is 0 Å². The van der Waals surface area contributed by atoms with Gasteiger partial charge in [-0.2, -0.15) is 4.31 Å². The molecule has 0 saturated carbocycles. The summed E-state index contributed by atoms with van der Waals surface area (Å²) in [6.07, 6.45) is 5.91. The second kappa shape index (κ2) is 10.2. The molecule has 0 bridgehead atoms. The maximum absolute atomic E-state index is 13.5. The summed E-state index contributed by atoms with van der Waals surface area (Å²) in [5.74, 6) is -0.698.